The first-order chi connectivity index (χ1) is 8.29. The van der Waals surface area contributed by atoms with Crippen molar-refractivity contribution in [3.8, 4) is 0 Å². The van der Waals surface area contributed by atoms with Crippen molar-refractivity contribution in [1.82, 2.24) is 10.2 Å². The van der Waals surface area contributed by atoms with E-state index < -0.39 is 37.6 Å². The number of rotatable bonds is 7. The third kappa shape index (κ3) is 5.76. The monoisotopic (exact) mass is 268 g/mol. The van der Waals surface area contributed by atoms with Crippen molar-refractivity contribution in [2.24, 2.45) is 5.92 Å². The summed E-state index contributed by atoms with van der Waals surface area (Å²) in [6, 6.07) is -2.08. The van der Waals surface area contributed by atoms with Crippen LogP contribution >= 0.6 is 0 Å². The summed E-state index contributed by atoms with van der Waals surface area (Å²) >= 11 is 0. The fourth-order valence-corrected chi connectivity index (χ4v) is 1.30. The molecule has 0 aromatic carbocycles. The quantitative estimate of drug-likeness (QED) is 0.622. The summed E-state index contributed by atoms with van der Waals surface area (Å²) in [7, 11) is 0. The lowest BCUT2D eigenvalue weighted by molar-refractivity contribution is -0.140. The molecule has 0 bridgehead atoms. The number of carboxylic acid groups (broad SMARTS) is 1. The van der Waals surface area contributed by atoms with E-state index in [1.165, 1.54) is 0 Å². The number of aliphatic carboxylic acids is 1. The zero-order chi connectivity index (χ0) is 14.3. The van der Waals surface area contributed by atoms with E-state index in [1.54, 1.807) is 13.8 Å². The molecule has 0 radical (unpaired) electrons. The van der Waals surface area contributed by atoms with Gasteiger partial charge < -0.3 is 20.4 Å². The van der Waals surface area contributed by atoms with Crippen molar-refractivity contribution in [2.75, 3.05) is 19.7 Å². The molecule has 2 amide bonds. The summed E-state index contributed by atoms with van der Waals surface area (Å²) in [5, 5.41) is 19.7. The van der Waals surface area contributed by atoms with Crippen LogP contribution in [0.1, 0.15) is 13.8 Å². The molecule has 3 N–H and O–H groups in total. The number of nitrogens with zero attached hydrogens (tertiary/aromatic N) is 1. The van der Waals surface area contributed by atoms with Gasteiger partial charge >= 0.3 is 12.0 Å². The van der Waals surface area contributed by atoms with Crippen LogP contribution in [0.15, 0.2) is 0 Å². The van der Waals surface area contributed by atoms with E-state index in [0.29, 0.717) is 4.90 Å². The van der Waals surface area contributed by atoms with E-state index in [9.17, 15) is 18.4 Å². The van der Waals surface area contributed by atoms with Crippen LogP contribution in [0.2, 0.25) is 0 Å². The Hall–Kier alpha value is -1.44. The maximum Gasteiger partial charge on any atom is 0.326 e. The van der Waals surface area contributed by atoms with Crippen LogP contribution in [0.25, 0.3) is 0 Å². The maximum atomic E-state index is 12.2. The lowest BCUT2D eigenvalue weighted by Gasteiger charge is -2.25. The summed E-state index contributed by atoms with van der Waals surface area (Å²) < 4.78 is 24.4. The molecule has 1 atom stereocenters. The molecule has 0 aliphatic carbocycles. The first-order valence-electron chi connectivity index (χ1n) is 5.46. The van der Waals surface area contributed by atoms with Gasteiger partial charge in [-0.25, -0.2) is 18.4 Å². The number of urea groups is 1. The van der Waals surface area contributed by atoms with Crippen LogP contribution in [0, 0.1) is 5.92 Å². The van der Waals surface area contributed by atoms with E-state index in [2.05, 4.69) is 5.32 Å². The summed E-state index contributed by atoms with van der Waals surface area (Å²) in [6.45, 7) is 1.57. The van der Waals surface area contributed by atoms with Crippen LogP contribution in [0.3, 0.4) is 0 Å². The summed E-state index contributed by atoms with van der Waals surface area (Å²) in [5.74, 6) is -1.62. The zero-order valence-electron chi connectivity index (χ0n) is 10.3. The van der Waals surface area contributed by atoms with E-state index in [1.807, 2.05) is 0 Å². The summed E-state index contributed by atoms with van der Waals surface area (Å²) in [5.41, 5.74) is 0. The van der Waals surface area contributed by atoms with Crippen molar-refractivity contribution >= 4 is 12.0 Å². The number of carbonyl (C=O) groups is 2. The molecule has 0 saturated heterocycles. The van der Waals surface area contributed by atoms with Crippen molar-refractivity contribution in [2.45, 2.75) is 26.3 Å². The Morgan fingerprint density at radius 2 is 1.89 bits per heavy atom. The molecule has 0 aliphatic rings. The van der Waals surface area contributed by atoms with Crippen LogP contribution in [0.5, 0.6) is 0 Å². The van der Waals surface area contributed by atoms with Crippen molar-refractivity contribution in [3.05, 3.63) is 0 Å². The van der Waals surface area contributed by atoms with Crippen LogP contribution in [-0.4, -0.2) is 59.3 Å². The average molecular weight is 268 g/mol. The number of aliphatic hydroxyl groups is 1. The Balaban J connectivity index is 4.61. The largest absolute Gasteiger partial charge is 0.480 e. The van der Waals surface area contributed by atoms with Gasteiger partial charge in [-0.2, -0.15) is 0 Å². The van der Waals surface area contributed by atoms with Gasteiger partial charge in [0.2, 0.25) is 0 Å². The van der Waals surface area contributed by atoms with Crippen molar-refractivity contribution in [1.29, 1.82) is 0 Å². The third-order valence-corrected chi connectivity index (χ3v) is 2.23. The lowest BCUT2D eigenvalue weighted by Crippen LogP contribution is -2.51. The minimum absolute atomic E-state index is 0.277. The number of halogens is 2. The molecule has 0 aromatic heterocycles. The number of hydrogen-bond acceptors (Lipinski definition) is 3. The predicted molar refractivity (Wildman–Crippen MR) is 59.5 cm³/mol. The van der Waals surface area contributed by atoms with Crippen LogP contribution < -0.4 is 5.32 Å². The van der Waals surface area contributed by atoms with Gasteiger partial charge in [-0.3, -0.25) is 0 Å². The Bertz CT molecular complexity index is 287. The standard InChI is InChI=1S/C10H18F2N2O4/c1-6(2)8(9(16)17)13-10(18)14(3-4-15)5-7(11)12/h6-8,15H,3-5H2,1-2H3,(H,13,18)(H,16,17). The van der Waals surface area contributed by atoms with Crippen molar-refractivity contribution < 1.29 is 28.6 Å². The van der Waals surface area contributed by atoms with Crippen LogP contribution in [-0.2, 0) is 4.79 Å². The predicted octanol–water partition coefficient (Wildman–Crippen LogP) is 0.365. The molecule has 0 spiro atoms. The fraction of sp³-hybridized carbons (Fsp3) is 0.800. The first kappa shape index (κ1) is 16.6. The molecule has 0 fully saturated rings. The van der Waals surface area contributed by atoms with Gasteiger partial charge in [-0.15, -0.1) is 0 Å². The van der Waals surface area contributed by atoms with Gasteiger partial charge in [0, 0.05) is 6.54 Å². The van der Waals surface area contributed by atoms with E-state index in [4.69, 9.17) is 10.2 Å². The second-order valence-corrected chi connectivity index (χ2v) is 4.07. The second kappa shape index (κ2) is 7.80. The van der Waals surface area contributed by atoms with Gasteiger partial charge in [0.25, 0.3) is 6.43 Å². The molecule has 1 unspecified atom stereocenters. The smallest absolute Gasteiger partial charge is 0.326 e. The zero-order valence-corrected chi connectivity index (χ0v) is 10.3. The van der Waals surface area contributed by atoms with Gasteiger partial charge in [-0.1, -0.05) is 13.8 Å². The number of carboxylic acids is 1. The maximum absolute atomic E-state index is 12.2. The summed E-state index contributed by atoms with van der Waals surface area (Å²) in [6.07, 6.45) is -2.75. The molecular weight excluding hydrogens is 250 g/mol. The molecule has 0 aliphatic heterocycles. The minimum Gasteiger partial charge on any atom is -0.480 e. The first-order valence-corrected chi connectivity index (χ1v) is 5.46. The van der Waals surface area contributed by atoms with Crippen LogP contribution in [0.4, 0.5) is 13.6 Å². The van der Waals surface area contributed by atoms with E-state index in [-0.39, 0.29) is 12.5 Å². The molecule has 0 heterocycles. The fourth-order valence-electron chi connectivity index (χ4n) is 1.30. The minimum atomic E-state index is -2.75. The number of hydrogen-bond donors (Lipinski definition) is 3. The number of nitrogens with one attached hydrogen (secondary N) is 1. The molecule has 106 valence electrons. The van der Waals surface area contributed by atoms with E-state index in [0.717, 1.165) is 0 Å². The SMILES string of the molecule is CC(C)C(NC(=O)N(CCO)CC(F)F)C(=O)O. The second-order valence-electron chi connectivity index (χ2n) is 4.07. The highest BCUT2D eigenvalue weighted by Crippen LogP contribution is 2.04. The summed E-state index contributed by atoms with van der Waals surface area (Å²) in [4.78, 5) is 23.1. The average Bonchev–Trinajstić information content (AvgIpc) is 2.23. The van der Waals surface area contributed by atoms with Gasteiger partial charge in [0.15, 0.2) is 0 Å². The van der Waals surface area contributed by atoms with Gasteiger partial charge in [0.1, 0.15) is 6.04 Å². The number of carbonyl (C=O) groups excluding carboxylic acids is 1. The molecule has 8 heteroatoms. The topological polar surface area (TPSA) is 89.9 Å². The third-order valence-electron chi connectivity index (χ3n) is 2.23. The Morgan fingerprint density at radius 1 is 1.33 bits per heavy atom. The molecule has 6 nitrogen and oxygen atoms in total. The number of amides is 2. The van der Waals surface area contributed by atoms with Gasteiger partial charge in [0.05, 0.1) is 13.2 Å². The molecule has 18 heavy (non-hydrogen) atoms. The lowest BCUT2D eigenvalue weighted by atomic mass is 10.1. The Kier molecular flexibility index (Phi) is 7.18. The number of alkyl halides is 2. The normalized spacial score (nSPS) is 12.6. The Morgan fingerprint density at radius 3 is 2.22 bits per heavy atom. The molecular formula is C10H18F2N2O4. The van der Waals surface area contributed by atoms with Gasteiger partial charge in [-0.05, 0) is 5.92 Å². The van der Waals surface area contributed by atoms with Crippen molar-refractivity contribution in [3.63, 3.8) is 0 Å². The highest BCUT2D eigenvalue weighted by Gasteiger charge is 2.26. The Labute approximate surface area is 104 Å². The molecule has 0 aromatic rings. The molecule has 0 rings (SSSR count). The highest BCUT2D eigenvalue weighted by atomic mass is 19.3. The van der Waals surface area contributed by atoms with E-state index >= 15 is 0 Å². The number of aliphatic hydroxyl groups excluding tert-OH is 1. The molecule has 0 saturated carbocycles. The highest BCUT2D eigenvalue weighted by molar-refractivity contribution is 5.82.